The van der Waals surface area contributed by atoms with Gasteiger partial charge in [-0.25, -0.2) is 18.4 Å². The summed E-state index contributed by atoms with van der Waals surface area (Å²) in [6.45, 7) is 1.68. The van der Waals surface area contributed by atoms with Crippen molar-refractivity contribution in [2.75, 3.05) is 4.72 Å². The van der Waals surface area contributed by atoms with E-state index in [-0.39, 0.29) is 22.0 Å². The lowest BCUT2D eigenvalue weighted by Crippen LogP contribution is -2.18. The van der Waals surface area contributed by atoms with Gasteiger partial charge >= 0.3 is 6.18 Å². The van der Waals surface area contributed by atoms with Crippen LogP contribution in [0, 0.1) is 6.92 Å². The first-order valence-electron chi connectivity index (χ1n) is 9.41. The predicted octanol–water partition coefficient (Wildman–Crippen LogP) is 5.62. The highest BCUT2D eigenvalue weighted by atomic mass is 35.5. The number of nitrogens with one attached hydrogen (secondary N) is 2. The zero-order chi connectivity index (χ0) is 24.8. The fourth-order valence-electron chi connectivity index (χ4n) is 3.27. The van der Waals surface area contributed by atoms with E-state index < -0.39 is 37.5 Å². The van der Waals surface area contributed by atoms with Gasteiger partial charge in [0, 0.05) is 29.0 Å². The van der Waals surface area contributed by atoms with Crippen molar-refractivity contribution < 1.29 is 26.4 Å². The molecule has 3 aromatic heterocycles. The van der Waals surface area contributed by atoms with E-state index >= 15 is 0 Å². The first-order valence-corrected chi connectivity index (χ1v) is 11.7. The number of rotatable bonds is 5. The molecule has 3 heterocycles. The summed E-state index contributed by atoms with van der Waals surface area (Å²) in [5.74, 6) is -0.642. The SMILES string of the molecule is Cc1cc(C(=O)c2ncc(Cl)cc2NS(=O)(=O)c2ccc(Cl)c(C(F)(F)F)c2)c2cc[nH]c2n1. The minimum absolute atomic E-state index is 0.000892. The van der Waals surface area contributed by atoms with Crippen LogP contribution >= 0.6 is 23.2 Å². The summed E-state index contributed by atoms with van der Waals surface area (Å²) < 4.78 is 67.6. The van der Waals surface area contributed by atoms with Gasteiger partial charge in [-0.05, 0) is 43.3 Å². The number of anilines is 1. The van der Waals surface area contributed by atoms with Crippen molar-refractivity contribution in [2.24, 2.45) is 0 Å². The van der Waals surface area contributed by atoms with E-state index in [1.54, 1.807) is 19.2 Å². The van der Waals surface area contributed by atoms with Crippen LogP contribution in [0.15, 0.2) is 53.7 Å². The largest absolute Gasteiger partial charge is 0.417 e. The third-order valence-electron chi connectivity index (χ3n) is 4.77. The van der Waals surface area contributed by atoms with E-state index in [0.717, 1.165) is 24.4 Å². The van der Waals surface area contributed by atoms with Gasteiger partial charge in [0.1, 0.15) is 11.3 Å². The van der Waals surface area contributed by atoms with Gasteiger partial charge in [0.2, 0.25) is 5.78 Å². The van der Waals surface area contributed by atoms with E-state index in [4.69, 9.17) is 23.2 Å². The van der Waals surface area contributed by atoms with Crippen LogP contribution in [0.3, 0.4) is 0 Å². The first kappa shape index (κ1) is 24.0. The number of nitrogens with zero attached hydrogens (tertiary/aromatic N) is 2. The predicted molar refractivity (Wildman–Crippen MR) is 121 cm³/mol. The Labute approximate surface area is 201 Å². The Balaban J connectivity index is 1.79. The van der Waals surface area contributed by atoms with Crippen molar-refractivity contribution in [1.82, 2.24) is 15.0 Å². The molecule has 0 radical (unpaired) electrons. The summed E-state index contributed by atoms with van der Waals surface area (Å²) in [5, 5.41) is -0.178. The Morgan fingerprint density at radius 2 is 1.85 bits per heavy atom. The van der Waals surface area contributed by atoms with E-state index in [0.29, 0.717) is 22.8 Å². The van der Waals surface area contributed by atoms with Gasteiger partial charge in [0.25, 0.3) is 10.0 Å². The van der Waals surface area contributed by atoms with Crippen LogP contribution in [0.2, 0.25) is 10.0 Å². The van der Waals surface area contributed by atoms with Crippen LogP contribution in [-0.2, 0) is 16.2 Å². The van der Waals surface area contributed by atoms with Gasteiger partial charge in [-0.2, -0.15) is 13.2 Å². The van der Waals surface area contributed by atoms with Crippen molar-refractivity contribution >= 4 is 55.7 Å². The number of pyridine rings is 2. The maximum absolute atomic E-state index is 13.3. The summed E-state index contributed by atoms with van der Waals surface area (Å²) in [6, 6.07) is 6.42. The molecule has 1 aromatic carbocycles. The number of carbonyl (C=O) groups is 1. The second kappa shape index (κ2) is 8.57. The topological polar surface area (TPSA) is 105 Å². The third-order valence-corrected chi connectivity index (χ3v) is 6.67. The van der Waals surface area contributed by atoms with Crippen molar-refractivity contribution in [2.45, 2.75) is 18.0 Å². The minimum atomic E-state index is -4.87. The number of hydrogen-bond donors (Lipinski definition) is 2. The van der Waals surface area contributed by atoms with Gasteiger partial charge < -0.3 is 4.98 Å². The second-order valence-electron chi connectivity index (χ2n) is 7.17. The van der Waals surface area contributed by atoms with Crippen LogP contribution in [0.25, 0.3) is 11.0 Å². The molecule has 0 aliphatic rings. The molecule has 0 fully saturated rings. The zero-order valence-electron chi connectivity index (χ0n) is 17.0. The number of aryl methyl sites for hydroxylation is 1. The molecule has 0 bridgehead atoms. The van der Waals surface area contributed by atoms with Crippen LogP contribution < -0.4 is 4.72 Å². The van der Waals surface area contributed by atoms with Crippen molar-refractivity contribution in [1.29, 1.82) is 0 Å². The fourth-order valence-corrected chi connectivity index (χ4v) is 4.74. The number of hydrogen-bond acceptors (Lipinski definition) is 5. The lowest BCUT2D eigenvalue weighted by molar-refractivity contribution is -0.137. The Bertz CT molecular complexity index is 1550. The Hall–Kier alpha value is -3.15. The number of halogens is 5. The normalized spacial score (nSPS) is 12.2. The number of ketones is 1. The van der Waals surface area contributed by atoms with E-state index in [9.17, 15) is 26.4 Å². The molecule has 2 N–H and O–H groups in total. The first-order chi connectivity index (χ1) is 15.9. The minimum Gasteiger partial charge on any atom is -0.346 e. The molecule has 0 aliphatic heterocycles. The molecule has 4 aromatic rings. The summed E-state index contributed by atoms with van der Waals surface area (Å²) in [5.41, 5.74) is -0.759. The zero-order valence-corrected chi connectivity index (χ0v) is 19.4. The van der Waals surface area contributed by atoms with Gasteiger partial charge in [-0.3, -0.25) is 9.52 Å². The highest BCUT2D eigenvalue weighted by Crippen LogP contribution is 2.36. The Morgan fingerprint density at radius 3 is 2.56 bits per heavy atom. The summed E-state index contributed by atoms with van der Waals surface area (Å²) in [7, 11) is -4.59. The van der Waals surface area contributed by atoms with Crippen molar-refractivity contribution in [3.63, 3.8) is 0 Å². The quantitative estimate of drug-likeness (QED) is 0.327. The molecule has 0 atom stereocenters. The lowest BCUT2D eigenvalue weighted by Gasteiger charge is -2.14. The molecule has 34 heavy (non-hydrogen) atoms. The van der Waals surface area contributed by atoms with Gasteiger partial charge in [0.15, 0.2) is 0 Å². The van der Waals surface area contributed by atoms with Gasteiger partial charge in [-0.1, -0.05) is 23.2 Å². The molecule has 0 saturated heterocycles. The number of carbonyl (C=O) groups excluding carboxylic acids is 1. The number of sulfonamides is 1. The van der Waals surface area contributed by atoms with Crippen LogP contribution in [-0.4, -0.2) is 29.2 Å². The highest BCUT2D eigenvalue weighted by molar-refractivity contribution is 7.92. The Kier molecular flexibility index (Phi) is 6.05. The van der Waals surface area contributed by atoms with Gasteiger partial charge in [0.05, 0.1) is 26.2 Å². The number of benzene rings is 1. The lowest BCUT2D eigenvalue weighted by atomic mass is 10.0. The second-order valence-corrected chi connectivity index (χ2v) is 9.70. The molecule has 13 heteroatoms. The average Bonchev–Trinajstić information content (AvgIpc) is 3.20. The van der Waals surface area contributed by atoms with E-state index in [2.05, 4.69) is 19.7 Å². The molecule has 0 spiro atoms. The third kappa shape index (κ3) is 4.59. The summed E-state index contributed by atoms with van der Waals surface area (Å²) >= 11 is 11.5. The number of aromatic amines is 1. The summed E-state index contributed by atoms with van der Waals surface area (Å²) in [4.78, 5) is 23.8. The number of aromatic nitrogens is 3. The molecule has 0 saturated carbocycles. The summed E-state index contributed by atoms with van der Waals surface area (Å²) in [6.07, 6.45) is -2.13. The van der Waals surface area contributed by atoms with Crippen LogP contribution in [0.5, 0.6) is 0 Å². The van der Waals surface area contributed by atoms with Gasteiger partial charge in [-0.15, -0.1) is 0 Å². The molecular formula is C21H13Cl2F3N4O3S. The maximum atomic E-state index is 13.3. The molecule has 0 unspecified atom stereocenters. The maximum Gasteiger partial charge on any atom is 0.417 e. The molecule has 7 nitrogen and oxygen atoms in total. The molecule has 0 aliphatic carbocycles. The molecule has 176 valence electrons. The number of H-pyrrole nitrogens is 1. The number of fused-ring (bicyclic) bond motifs is 1. The average molecular weight is 529 g/mol. The van der Waals surface area contributed by atoms with E-state index in [1.807, 2.05) is 0 Å². The standard InChI is InChI=1S/C21H13Cl2F3N4O3S/c1-10-6-14(13-4-5-27-20(13)29-10)19(31)18-17(7-11(22)9-28-18)30-34(32,33)12-2-3-16(23)15(8-12)21(24,25)26/h2-9,30H,1H3,(H,27,29). The fraction of sp³-hybridized carbons (Fsp3) is 0.0952. The monoisotopic (exact) mass is 528 g/mol. The van der Waals surface area contributed by atoms with Crippen LogP contribution in [0.1, 0.15) is 27.3 Å². The molecular weight excluding hydrogens is 516 g/mol. The molecule has 0 amide bonds. The highest BCUT2D eigenvalue weighted by Gasteiger charge is 2.35. The smallest absolute Gasteiger partial charge is 0.346 e. The number of alkyl halides is 3. The Morgan fingerprint density at radius 1 is 1.12 bits per heavy atom. The van der Waals surface area contributed by atoms with Crippen LogP contribution in [0.4, 0.5) is 18.9 Å². The molecule has 4 rings (SSSR count). The van der Waals surface area contributed by atoms with Crippen molar-refractivity contribution in [3.05, 3.63) is 81.4 Å². The van der Waals surface area contributed by atoms with E-state index in [1.165, 1.54) is 6.07 Å². The van der Waals surface area contributed by atoms with Crippen molar-refractivity contribution in [3.8, 4) is 0 Å².